The lowest BCUT2D eigenvalue weighted by atomic mass is 10.1. The van der Waals surface area contributed by atoms with E-state index in [0.717, 1.165) is 43.1 Å². The van der Waals surface area contributed by atoms with Crippen molar-refractivity contribution in [3.05, 3.63) is 65.7 Å². The van der Waals surface area contributed by atoms with Crippen LogP contribution in [0.25, 0.3) is 11.4 Å². The third-order valence-corrected chi connectivity index (χ3v) is 4.62. The maximum absolute atomic E-state index is 5.75. The molecule has 1 aliphatic rings. The summed E-state index contributed by atoms with van der Waals surface area (Å²) in [5.74, 6) is 0.782. The lowest BCUT2D eigenvalue weighted by Crippen LogP contribution is -2.31. The van der Waals surface area contributed by atoms with Gasteiger partial charge < -0.3 is 10.3 Å². The minimum Gasteiger partial charge on any atom is -0.399 e. The molecule has 3 heterocycles. The summed E-state index contributed by atoms with van der Waals surface area (Å²) in [4.78, 5) is 11.8. The quantitative estimate of drug-likeness (QED) is 0.754. The summed E-state index contributed by atoms with van der Waals surface area (Å²) in [6.45, 7) is 2.89. The molecule has 2 aromatic heterocycles. The van der Waals surface area contributed by atoms with Crippen molar-refractivity contribution < 1.29 is 0 Å². The highest BCUT2D eigenvalue weighted by Gasteiger charge is 2.19. The van der Waals surface area contributed by atoms with E-state index in [4.69, 9.17) is 10.7 Å². The second-order valence-electron chi connectivity index (χ2n) is 6.36. The number of rotatable bonds is 3. The van der Waals surface area contributed by atoms with Crippen molar-refractivity contribution in [2.75, 3.05) is 12.3 Å². The van der Waals surface area contributed by atoms with Crippen molar-refractivity contribution in [1.82, 2.24) is 19.4 Å². The Hall–Kier alpha value is -2.66. The van der Waals surface area contributed by atoms with Gasteiger partial charge in [-0.05, 0) is 36.4 Å². The topological polar surface area (TPSA) is 60.0 Å². The highest BCUT2D eigenvalue weighted by Crippen LogP contribution is 2.22. The van der Waals surface area contributed by atoms with Crippen molar-refractivity contribution in [3.8, 4) is 11.4 Å². The number of nitrogen functional groups attached to an aromatic ring is 1. The van der Waals surface area contributed by atoms with Crippen LogP contribution in [-0.2, 0) is 26.6 Å². The average molecular weight is 319 g/mol. The van der Waals surface area contributed by atoms with Crippen molar-refractivity contribution in [2.45, 2.75) is 19.5 Å². The molecule has 1 aliphatic heterocycles. The van der Waals surface area contributed by atoms with Crippen molar-refractivity contribution in [3.63, 3.8) is 0 Å². The molecule has 0 amide bonds. The summed E-state index contributed by atoms with van der Waals surface area (Å²) in [6.07, 6.45) is 5.03. The van der Waals surface area contributed by atoms with Gasteiger partial charge in [-0.1, -0.05) is 0 Å². The molecule has 0 saturated carbocycles. The molecular weight excluding hydrogens is 298 g/mol. The van der Waals surface area contributed by atoms with Gasteiger partial charge in [0.1, 0.15) is 0 Å². The van der Waals surface area contributed by atoms with Gasteiger partial charge in [-0.25, -0.2) is 9.97 Å². The maximum atomic E-state index is 5.75. The van der Waals surface area contributed by atoms with Crippen LogP contribution in [0.4, 0.5) is 5.69 Å². The second kappa shape index (κ2) is 6.09. The third kappa shape index (κ3) is 2.90. The number of hydrogen-bond acceptors (Lipinski definition) is 4. The number of fused-ring (bicyclic) bond motifs is 1. The second-order valence-corrected chi connectivity index (χ2v) is 6.36. The molecule has 0 fully saturated rings. The van der Waals surface area contributed by atoms with Crippen LogP contribution in [0.1, 0.15) is 17.0 Å². The van der Waals surface area contributed by atoms with E-state index in [1.165, 1.54) is 17.0 Å². The molecular formula is C19H21N5. The normalized spacial score (nSPS) is 14.5. The van der Waals surface area contributed by atoms with Gasteiger partial charge in [0.05, 0.1) is 5.69 Å². The molecule has 5 nitrogen and oxygen atoms in total. The first kappa shape index (κ1) is 14.9. The summed E-state index contributed by atoms with van der Waals surface area (Å²) in [6, 6.07) is 12.0. The smallest absolute Gasteiger partial charge is 0.159 e. The highest BCUT2D eigenvalue weighted by atomic mass is 15.2. The van der Waals surface area contributed by atoms with Gasteiger partial charge in [0.15, 0.2) is 5.82 Å². The Labute approximate surface area is 141 Å². The number of hydrogen-bond donors (Lipinski definition) is 1. The van der Waals surface area contributed by atoms with Gasteiger partial charge in [0, 0.05) is 68.0 Å². The zero-order chi connectivity index (χ0) is 16.5. The van der Waals surface area contributed by atoms with Crippen LogP contribution < -0.4 is 5.73 Å². The van der Waals surface area contributed by atoms with Gasteiger partial charge >= 0.3 is 0 Å². The molecule has 24 heavy (non-hydrogen) atoms. The standard InChI is InChI=1S/C19H21N5/c1-23-9-2-3-17(23)13-24-10-8-18-15(12-24)11-21-19(22-18)14-4-6-16(20)7-5-14/h2-7,9,11H,8,10,12-13,20H2,1H3. The maximum Gasteiger partial charge on any atom is 0.159 e. The van der Waals surface area contributed by atoms with Crippen LogP contribution in [0.2, 0.25) is 0 Å². The number of nitrogens with two attached hydrogens (primary N) is 1. The summed E-state index contributed by atoms with van der Waals surface area (Å²) in [7, 11) is 2.09. The van der Waals surface area contributed by atoms with E-state index < -0.39 is 0 Å². The van der Waals surface area contributed by atoms with Crippen molar-refractivity contribution in [1.29, 1.82) is 0 Å². The molecule has 0 bridgehead atoms. The highest BCUT2D eigenvalue weighted by molar-refractivity contribution is 5.58. The van der Waals surface area contributed by atoms with Gasteiger partial charge in [0.25, 0.3) is 0 Å². The summed E-state index contributed by atoms with van der Waals surface area (Å²) >= 11 is 0. The summed E-state index contributed by atoms with van der Waals surface area (Å²) < 4.78 is 2.18. The number of anilines is 1. The Bertz CT molecular complexity index is 850. The van der Waals surface area contributed by atoms with Crippen LogP contribution in [0.3, 0.4) is 0 Å². The molecule has 4 rings (SSSR count). The lowest BCUT2D eigenvalue weighted by Gasteiger charge is -2.28. The molecule has 0 spiro atoms. The lowest BCUT2D eigenvalue weighted by molar-refractivity contribution is 0.238. The van der Waals surface area contributed by atoms with Crippen LogP contribution in [0.5, 0.6) is 0 Å². The van der Waals surface area contributed by atoms with Crippen LogP contribution >= 0.6 is 0 Å². The fourth-order valence-electron chi connectivity index (χ4n) is 3.17. The molecule has 122 valence electrons. The van der Waals surface area contributed by atoms with E-state index in [1.807, 2.05) is 30.5 Å². The Balaban J connectivity index is 1.53. The Morgan fingerprint density at radius 3 is 2.75 bits per heavy atom. The van der Waals surface area contributed by atoms with E-state index in [9.17, 15) is 0 Å². The van der Waals surface area contributed by atoms with Crippen LogP contribution in [0, 0.1) is 0 Å². The van der Waals surface area contributed by atoms with E-state index in [-0.39, 0.29) is 0 Å². The van der Waals surface area contributed by atoms with Gasteiger partial charge in [-0.2, -0.15) is 0 Å². The Morgan fingerprint density at radius 1 is 1.17 bits per heavy atom. The first-order chi connectivity index (χ1) is 11.7. The molecule has 0 radical (unpaired) electrons. The minimum absolute atomic E-state index is 0.757. The predicted octanol–water partition coefficient (Wildman–Crippen LogP) is 2.62. The van der Waals surface area contributed by atoms with Crippen molar-refractivity contribution >= 4 is 5.69 Å². The van der Waals surface area contributed by atoms with Gasteiger partial charge in [-0.3, -0.25) is 4.90 Å². The molecule has 0 unspecified atom stereocenters. The molecule has 3 aromatic rings. The molecule has 0 saturated heterocycles. The first-order valence-corrected chi connectivity index (χ1v) is 8.22. The summed E-state index contributed by atoms with van der Waals surface area (Å²) in [5, 5.41) is 0. The molecule has 2 N–H and O–H groups in total. The zero-order valence-electron chi connectivity index (χ0n) is 13.8. The van der Waals surface area contributed by atoms with Gasteiger partial charge in [0.2, 0.25) is 0 Å². The van der Waals surface area contributed by atoms with E-state index in [1.54, 1.807) is 0 Å². The molecule has 5 heteroatoms. The Morgan fingerprint density at radius 2 is 2.00 bits per heavy atom. The number of aryl methyl sites for hydroxylation is 1. The SMILES string of the molecule is Cn1cccc1CN1CCc2nc(-c3ccc(N)cc3)ncc2C1. The van der Waals surface area contributed by atoms with Crippen LogP contribution in [0.15, 0.2) is 48.8 Å². The molecule has 0 atom stereocenters. The van der Waals surface area contributed by atoms with E-state index in [0.29, 0.717) is 0 Å². The molecule has 1 aromatic carbocycles. The van der Waals surface area contributed by atoms with E-state index >= 15 is 0 Å². The average Bonchev–Trinajstić information content (AvgIpc) is 3.00. The summed E-state index contributed by atoms with van der Waals surface area (Å²) in [5.41, 5.74) is 11.2. The Kier molecular flexibility index (Phi) is 3.78. The number of aromatic nitrogens is 3. The predicted molar refractivity (Wildman–Crippen MR) is 95.1 cm³/mol. The number of nitrogens with zero attached hydrogens (tertiary/aromatic N) is 4. The largest absolute Gasteiger partial charge is 0.399 e. The van der Waals surface area contributed by atoms with E-state index in [2.05, 4.69) is 39.8 Å². The third-order valence-electron chi connectivity index (χ3n) is 4.62. The fourth-order valence-corrected chi connectivity index (χ4v) is 3.17. The number of benzene rings is 1. The van der Waals surface area contributed by atoms with Crippen LogP contribution in [-0.4, -0.2) is 26.0 Å². The fraction of sp³-hybridized carbons (Fsp3) is 0.263. The van der Waals surface area contributed by atoms with Gasteiger partial charge in [-0.15, -0.1) is 0 Å². The molecule has 0 aliphatic carbocycles. The first-order valence-electron chi connectivity index (χ1n) is 8.22. The zero-order valence-corrected chi connectivity index (χ0v) is 13.8. The minimum atomic E-state index is 0.757. The van der Waals surface area contributed by atoms with Crippen molar-refractivity contribution in [2.24, 2.45) is 7.05 Å². The monoisotopic (exact) mass is 319 g/mol.